The van der Waals surface area contributed by atoms with Crippen LogP contribution in [0.25, 0.3) is 11.1 Å². The molecule has 1 aliphatic carbocycles. The van der Waals surface area contributed by atoms with Crippen LogP contribution in [0.15, 0.2) is 48.5 Å². The van der Waals surface area contributed by atoms with Crippen molar-refractivity contribution in [3.63, 3.8) is 0 Å². The number of carbonyl (C=O) groups excluding carboxylic acids is 3. The molecule has 168 valence electrons. The van der Waals surface area contributed by atoms with Gasteiger partial charge >= 0.3 is 12.1 Å². The Kier molecular flexibility index (Phi) is 7.40. The maximum Gasteiger partial charge on any atom is 0.407 e. The predicted octanol–water partition coefficient (Wildman–Crippen LogP) is 0.596. The van der Waals surface area contributed by atoms with E-state index in [0.717, 1.165) is 22.3 Å². The zero-order valence-corrected chi connectivity index (χ0v) is 17.1. The lowest BCUT2D eigenvalue weighted by atomic mass is 9.98. The van der Waals surface area contributed by atoms with Crippen LogP contribution in [0.1, 0.15) is 17.0 Å². The van der Waals surface area contributed by atoms with Gasteiger partial charge in [0.05, 0.1) is 13.2 Å². The minimum atomic E-state index is -1.27. The van der Waals surface area contributed by atoms with Crippen molar-refractivity contribution in [3.05, 3.63) is 59.7 Å². The van der Waals surface area contributed by atoms with Gasteiger partial charge in [0.1, 0.15) is 19.3 Å². The van der Waals surface area contributed by atoms with Gasteiger partial charge < -0.3 is 30.9 Å². The van der Waals surface area contributed by atoms with Crippen molar-refractivity contribution >= 4 is 23.9 Å². The van der Waals surface area contributed by atoms with Gasteiger partial charge in [0.25, 0.3) is 0 Å². The fourth-order valence-electron chi connectivity index (χ4n) is 3.53. The normalized spacial score (nSPS) is 12.9. The summed E-state index contributed by atoms with van der Waals surface area (Å²) in [6.07, 6.45) is -0.884. The number of carboxylic acids is 1. The molecular formula is C22H23N3O7. The van der Waals surface area contributed by atoms with Crippen molar-refractivity contribution in [1.82, 2.24) is 10.6 Å². The number of carbonyl (C=O) groups is 4. The second-order valence-electron chi connectivity index (χ2n) is 7.12. The van der Waals surface area contributed by atoms with Crippen LogP contribution >= 0.6 is 0 Å². The van der Waals surface area contributed by atoms with Crippen molar-refractivity contribution in [2.45, 2.75) is 12.0 Å². The Hall–Kier alpha value is -3.92. The first-order chi connectivity index (χ1) is 15.4. The smallest absolute Gasteiger partial charge is 0.407 e. The van der Waals surface area contributed by atoms with E-state index in [2.05, 4.69) is 10.6 Å². The zero-order chi connectivity index (χ0) is 23.1. The van der Waals surface area contributed by atoms with Gasteiger partial charge in [-0.1, -0.05) is 48.5 Å². The van der Waals surface area contributed by atoms with Gasteiger partial charge in [0, 0.05) is 5.92 Å². The maximum absolute atomic E-state index is 12.4. The lowest BCUT2D eigenvalue weighted by Gasteiger charge is -2.19. The minimum Gasteiger partial charge on any atom is -0.480 e. The van der Waals surface area contributed by atoms with Crippen molar-refractivity contribution < 1.29 is 33.8 Å². The summed E-state index contributed by atoms with van der Waals surface area (Å²) >= 11 is 0. The number of fused-ring (bicyclic) bond motifs is 3. The van der Waals surface area contributed by atoms with Crippen LogP contribution in [0, 0.1) is 0 Å². The summed E-state index contributed by atoms with van der Waals surface area (Å²) in [7, 11) is 0. The Labute approximate surface area is 183 Å². The molecule has 10 nitrogen and oxygen atoms in total. The molecule has 0 aromatic heterocycles. The molecule has 2 aromatic carbocycles. The number of amides is 3. The first-order valence-electron chi connectivity index (χ1n) is 9.84. The highest BCUT2D eigenvalue weighted by Gasteiger charge is 2.30. The highest BCUT2D eigenvalue weighted by molar-refractivity contribution is 5.89. The molecular weight excluding hydrogens is 418 g/mol. The lowest BCUT2D eigenvalue weighted by Crippen LogP contribution is -2.51. The molecule has 1 aliphatic rings. The lowest BCUT2D eigenvalue weighted by molar-refractivity contribution is -0.143. The predicted molar refractivity (Wildman–Crippen MR) is 113 cm³/mol. The van der Waals surface area contributed by atoms with Crippen LogP contribution in [-0.4, -0.2) is 61.4 Å². The number of hydrogen-bond acceptors (Lipinski definition) is 6. The van der Waals surface area contributed by atoms with Gasteiger partial charge in [-0.25, -0.2) is 9.59 Å². The summed E-state index contributed by atoms with van der Waals surface area (Å²) < 4.78 is 10.3. The third kappa shape index (κ3) is 5.61. The summed E-state index contributed by atoms with van der Waals surface area (Å²) in [6, 6.07) is 14.4. The zero-order valence-electron chi connectivity index (χ0n) is 17.1. The second kappa shape index (κ2) is 10.4. The Morgan fingerprint density at radius 3 is 2.16 bits per heavy atom. The molecule has 32 heavy (non-hydrogen) atoms. The number of carboxylic acid groups (broad SMARTS) is 1. The van der Waals surface area contributed by atoms with E-state index in [1.54, 1.807) is 0 Å². The number of rotatable bonds is 10. The summed E-state index contributed by atoms with van der Waals surface area (Å²) in [5, 5.41) is 13.3. The van der Waals surface area contributed by atoms with E-state index in [1.807, 2.05) is 48.5 Å². The first kappa shape index (κ1) is 22.8. The summed E-state index contributed by atoms with van der Waals surface area (Å²) in [5.41, 5.74) is 9.21. The average Bonchev–Trinajstić information content (AvgIpc) is 3.09. The molecule has 5 N–H and O–H groups in total. The third-order valence-electron chi connectivity index (χ3n) is 4.90. The third-order valence-corrected chi connectivity index (χ3v) is 4.90. The van der Waals surface area contributed by atoms with Gasteiger partial charge in [0.15, 0.2) is 0 Å². The number of benzene rings is 2. The average molecular weight is 441 g/mol. The minimum absolute atomic E-state index is 0.0332. The number of nitrogens with one attached hydrogen (secondary N) is 2. The molecule has 3 amide bonds. The van der Waals surface area contributed by atoms with E-state index in [4.69, 9.17) is 20.3 Å². The number of nitrogens with two attached hydrogens (primary N) is 1. The molecule has 0 heterocycles. The van der Waals surface area contributed by atoms with Crippen LogP contribution in [0.2, 0.25) is 0 Å². The molecule has 0 spiro atoms. The van der Waals surface area contributed by atoms with Gasteiger partial charge in [0.2, 0.25) is 11.8 Å². The summed E-state index contributed by atoms with van der Waals surface area (Å²) in [4.78, 5) is 46.2. The van der Waals surface area contributed by atoms with Gasteiger partial charge in [-0.05, 0) is 22.3 Å². The molecule has 0 fully saturated rings. The largest absolute Gasteiger partial charge is 0.480 e. The summed E-state index contributed by atoms with van der Waals surface area (Å²) in [6.45, 7) is -1.50. The standard InChI is InChI=1S/C22H23N3O7/c23-19(26)9-24-21(29)18(11-31-12-20(27)28)25-22(30)32-10-17-15-7-3-1-5-13(15)14-6-2-4-8-16(14)17/h1-8,17-18H,9-12H2,(H2,23,26)(H,24,29)(H,25,30)(H,27,28)/t18-/m0/s1. The Morgan fingerprint density at radius 2 is 1.59 bits per heavy atom. The van der Waals surface area contributed by atoms with E-state index in [-0.39, 0.29) is 12.5 Å². The van der Waals surface area contributed by atoms with Crippen molar-refractivity contribution in [3.8, 4) is 11.1 Å². The SMILES string of the molecule is NC(=O)CNC(=O)[C@H](COCC(=O)O)NC(=O)OCC1c2ccccc2-c2ccccc21. The van der Waals surface area contributed by atoms with Crippen LogP contribution in [0.5, 0.6) is 0 Å². The van der Waals surface area contributed by atoms with Crippen molar-refractivity contribution in [2.24, 2.45) is 5.73 Å². The second-order valence-corrected chi connectivity index (χ2v) is 7.12. The van der Waals surface area contributed by atoms with E-state index in [9.17, 15) is 19.2 Å². The van der Waals surface area contributed by atoms with Crippen LogP contribution < -0.4 is 16.4 Å². The molecule has 0 saturated carbocycles. The first-order valence-corrected chi connectivity index (χ1v) is 9.84. The van der Waals surface area contributed by atoms with Crippen molar-refractivity contribution in [1.29, 1.82) is 0 Å². The molecule has 1 atom stereocenters. The molecule has 0 saturated heterocycles. The molecule has 3 rings (SSSR count). The number of alkyl carbamates (subject to hydrolysis) is 1. The maximum atomic E-state index is 12.4. The molecule has 0 bridgehead atoms. The Bertz CT molecular complexity index is 979. The van der Waals surface area contributed by atoms with Gasteiger partial charge in [-0.3, -0.25) is 9.59 Å². The molecule has 2 aromatic rings. The molecule has 0 unspecified atom stereocenters. The fourth-order valence-corrected chi connectivity index (χ4v) is 3.53. The number of hydrogen-bond donors (Lipinski definition) is 4. The van der Waals surface area contributed by atoms with Gasteiger partial charge in [-0.2, -0.15) is 0 Å². The van der Waals surface area contributed by atoms with Crippen LogP contribution in [-0.2, 0) is 23.9 Å². The van der Waals surface area contributed by atoms with E-state index < -0.39 is 49.7 Å². The van der Waals surface area contributed by atoms with Gasteiger partial charge in [-0.15, -0.1) is 0 Å². The quantitative estimate of drug-likeness (QED) is 0.420. The van der Waals surface area contributed by atoms with E-state index >= 15 is 0 Å². The highest BCUT2D eigenvalue weighted by atomic mass is 16.5. The number of primary amides is 1. The molecule has 10 heteroatoms. The molecule has 0 radical (unpaired) electrons. The van der Waals surface area contributed by atoms with Crippen molar-refractivity contribution in [2.75, 3.05) is 26.4 Å². The number of aliphatic carboxylic acids is 1. The summed E-state index contributed by atoms with van der Waals surface area (Å²) in [5.74, 6) is -2.94. The fraction of sp³-hybridized carbons (Fsp3) is 0.273. The van der Waals surface area contributed by atoms with Crippen LogP contribution in [0.4, 0.5) is 4.79 Å². The van der Waals surface area contributed by atoms with E-state index in [1.165, 1.54) is 0 Å². The van der Waals surface area contributed by atoms with Crippen LogP contribution in [0.3, 0.4) is 0 Å². The number of ether oxygens (including phenoxy) is 2. The Morgan fingerprint density at radius 1 is 1.00 bits per heavy atom. The Balaban J connectivity index is 1.63. The monoisotopic (exact) mass is 441 g/mol. The van der Waals surface area contributed by atoms with E-state index in [0.29, 0.717) is 0 Å². The molecule has 0 aliphatic heterocycles. The topological polar surface area (TPSA) is 157 Å². The highest BCUT2D eigenvalue weighted by Crippen LogP contribution is 2.44.